The Hall–Kier alpha value is -1.000. The number of aromatic nitrogens is 2. The lowest BCUT2D eigenvalue weighted by atomic mass is 10.2. The Morgan fingerprint density at radius 3 is 2.79 bits per heavy atom. The second kappa shape index (κ2) is 6.44. The molecule has 0 unspecified atom stereocenters. The maximum atomic E-state index is 6.13. The molecule has 0 aliphatic heterocycles. The highest BCUT2D eigenvalue weighted by molar-refractivity contribution is 9.08. The number of ether oxygens (including phenoxy) is 1. The first-order valence-electron chi connectivity index (χ1n) is 6.12. The highest BCUT2D eigenvalue weighted by Gasteiger charge is 2.08. The van der Waals surface area contributed by atoms with Crippen molar-refractivity contribution < 1.29 is 4.74 Å². The van der Waals surface area contributed by atoms with Gasteiger partial charge in [-0.25, -0.2) is 0 Å². The average molecular weight is 344 g/mol. The molecule has 0 atom stereocenters. The summed E-state index contributed by atoms with van der Waals surface area (Å²) in [6.07, 6.45) is 1.97. The third-order valence-corrected chi connectivity index (χ3v) is 3.69. The van der Waals surface area contributed by atoms with Crippen LogP contribution in [0.15, 0.2) is 30.5 Å². The van der Waals surface area contributed by atoms with Crippen LogP contribution in [0.1, 0.15) is 31.1 Å². The van der Waals surface area contributed by atoms with Crippen molar-refractivity contribution in [1.82, 2.24) is 9.78 Å². The monoisotopic (exact) mass is 342 g/mol. The molecule has 0 aliphatic carbocycles. The molecule has 1 aromatic carbocycles. The number of alkyl halides is 1. The summed E-state index contributed by atoms with van der Waals surface area (Å²) >= 11 is 9.55. The molecule has 0 N–H and O–H groups in total. The van der Waals surface area contributed by atoms with Gasteiger partial charge in [0.2, 0.25) is 0 Å². The van der Waals surface area contributed by atoms with E-state index in [-0.39, 0.29) is 0 Å². The Morgan fingerprint density at radius 1 is 1.37 bits per heavy atom. The van der Waals surface area contributed by atoms with Gasteiger partial charge in [-0.05, 0) is 32.0 Å². The van der Waals surface area contributed by atoms with Crippen LogP contribution in [0.5, 0.6) is 5.75 Å². The molecule has 0 aliphatic rings. The van der Waals surface area contributed by atoms with Gasteiger partial charge in [0.05, 0.1) is 5.69 Å². The maximum absolute atomic E-state index is 6.13. The van der Waals surface area contributed by atoms with E-state index in [1.807, 2.05) is 35.1 Å². The lowest BCUT2D eigenvalue weighted by Gasteiger charge is -2.10. The Balaban J connectivity index is 2.08. The summed E-state index contributed by atoms with van der Waals surface area (Å²) in [5, 5.41) is 5.83. The molecule has 5 heteroatoms. The summed E-state index contributed by atoms with van der Waals surface area (Å²) in [4.78, 5) is 0. The SMILES string of the molecule is CC(C)n1ccc(COc2cccc(Cl)c2CBr)n1. The van der Waals surface area contributed by atoms with E-state index in [1.165, 1.54) is 0 Å². The standard InChI is InChI=1S/C14H16BrClN2O/c1-10(2)18-7-6-11(17-18)9-19-14-5-3-4-13(16)12(14)8-15/h3-7,10H,8-9H2,1-2H3. The summed E-state index contributed by atoms with van der Waals surface area (Å²) < 4.78 is 7.72. The van der Waals surface area contributed by atoms with Gasteiger partial charge >= 0.3 is 0 Å². The molecule has 2 aromatic rings. The number of nitrogens with zero attached hydrogens (tertiary/aromatic N) is 2. The van der Waals surface area contributed by atoms with Crippen LogP contribution >= 0.6 is 27.5 Å². The van der Waals surface area contributed by atoms with Gasteiger partial charge in [0.25, 0.3) is 0 Å². The van der Waals surface area contributed by atoms with Crippen LogP contribution in [-0.2, 0) is 11.9 Å². The number of halogens is 2. The molecule has 102 valence electrons. The number of hydrogen-bond donors (Lipinski definition) is 0. The van der Waals surface area contributed by atoms with E-state index < -0.39 is 0 Å². The van der Waals surface area contributed by atoms with Crippen molar-refractivity contribution >= 4 is 27.5 Å². The maximum Gasteiger partial charge on any atom is 0.132 e. The van der Waals surface area contributed by atoms with E-state index >= 15 is 0 Å². The molecule has 0 saturated carbocycles. The predicted octanol–water partition coefficient (Wildman–Crippen LogP) is 4.59. The molecule has 19 heavy (non-hydrogen) atoms. The lowest BCUT2D eigenvalue weighted by molar-refractivity contribution is 0.296. The van der Waals surface area contributed by atoms with Gasteiger partial charge in [-0.15, -0.1) is 0 Å². The fourth-order valence-corrected chi connectivity index (χ4v) is 2.67. The second-order valence-electron chi connectivity index (χ2n) is 4.52. The summed E-state index contributed by atoms with van der Waals surface area (Å²) in [5.41, 5.74) is 1.88. The first-order chi connectivity index (χ1) is 9.11. The van der Waals surface area contributed by atoms with Crippen LogP contribution < -0.4 is 4.74 Å². The van der Waals surface area contributed by atoms with E-state index in [0.29, 0.717) is 23.0 Å². The minimum absolute atomic E-state index is 0.359. The predicted molar refractivity (Wildman–Crippen MR) is 81.0 cm³/mol. The Morgan fingerprint density at radius 2 is 2.16 bits per heavy atom. The summed E-state index contributed by atoms with van der Waals surface area (Å²) in [6, 6.07) is 7.99. The lowest BCUT2D eigenvalue weighted by Crippen LogP contribution is -2.04. The van der Waals surface area contributed by atoms with Crippen molar-refractivity contribution in [3.8, 4) is 5.75 Å². The average Bonchev–Trinajstić information content (AvgIpc) is 2.85. The Bertz CT molecular complexity index is 554. The van der Waals surface area contributed by atoms with Crippen LogP contribution in [0, 0.1) is 0 Å². The first-order valence-corrected chi connectivity index (χ1v) is 7.62. The zero-order valence-electron chi connectivity index (χ0n) is 10.9. The molecule has 3 nitrogen and oxygen atoms in total. The topological polar surface area (TPSA) is 27.1 Å². The summed E-state index contributed by atoms with van der Waals surface area (Å²) in [5.74, 6) is 0.795. The first kappa shape index (κ1) is 14.4. The number of hydrogen-bond acceptors (Lipinski definition) is 2. The molecule has 1 heterocycles. The molecule has 0 saturated heterocycles. The van der Waals surface area contributed by atoms with Crippen LogP contribution in [0.25, 0.3) is 0 Å². The molecule has 0 radical (unpaired) electrons. The summed E-state index contributed by atoms with van der Waals surface area (Å²) in [6.45, 7) is 4.63. The quantitative estimate of drug-likeness (QED) is 0.742. The molecular weight excluding hydrogens is 328 g/mol. The van der Waals surface area contributed by atoms with Crippen LogP contribution in [-0.4, -0.2) is 9.78 Å². The smallest absolute Gasteiger partial charge is 0.132 e. The van der Waals surface area contributed by atoms with Crippen molar-refractivity contribution in [2.24, 2.45) is 0 Å². The zero-order chi connectivity index (χ0) is 13.8. The third kappa shape index (κ3) is 3.51. The van der Waals surface area contributed by atoms with Crippen LogP contribution in [0.4, 0.5) is 0 Å². The van der Waals surface area contributed by atoms with Crippen LogP contribution in [0.2, 0.25) is 5.02 Å². The van der Waals surface area contributed by atoms with Gasteiger partial charge in [-0.3, -0.25) is 4.68 Å². The van der Waals surface area contributed by atoms with Gasteiger partial charge in [0, 0.05) is 28.2 Å². The highest BCUT2D eigenvalue weighted by Crippen LogP contribution is 2.29. The van der Waals surface area contributed by atoms with E-state index in [9.17, 15) is 0 Å². The molecular formula is C14H16BrClN2O. The van der Waals surface area contributed by atoms with Gasteiger partial charge in [0.1, 0.15) is 12.4 Å². The molecule has 0 amide bonds. The largest absolute Gasteiger partial charge is 0.487 e. The van der Waals surface area contributed by atoms with Gasteiger partial charge in [0.15, 0.2) is 0 Å². The van der Waals surface area contributed by atoms with E-state index in [1.54, 1.807) is 0 Å². The third-order valence-electron chi connectivity index (χ3n) is 2.78. The zero-order valence-corrected chi connectivity index (χ0v) is 13.3. The second-order valence-corrected chi connectivity index (χ2v) is 5.49. The highest BCUT2D eigenvalue weighted by atomic mass is 79.9. The van der Waals surface area contributed by atoms with Crippen LogP contribution in [0.3, 0.4) is 0 Å². The van der Waals surface area contributed by atoms with Crippen molar-refractivity contribution in [3.63, 3.8) is 0 Å². The fourth-order valence-electron chi connectivity index (χ4n) is 1.70. The number of rotatable bonds is 5. The van der Waals surface area contributed by atoms with Crippen molar-refractivity contribution in [2.75, 3.05) is 0 Å². The van der Waals surface area contributed by atoms with E-state index in [0.717, 1.165) is 17.0 Å². The normalized spacial score (nSPS) is 11.0. The van der Waals surface area contributed by atoms with Gasteiger partial charge in [-0.2, -0.15) is 5.10 Å². The molecule has 1 aromatic heterocycles. The van der Waals surface area contributed by atoms with E-state index in [4.69, 9.17) is 16.3 Å². The fraction of sp³-hybridized carbons (Fsp3) is 0.357. The minimum Gasteiger partial charge on any atom is -0.487 e. The molecule has 0 fully saturated rings. The van der Waals surface area contributed by atoms with Gasteiger partial charge < -0.3 is 4.74 Å². The van der Waals surface area contributed by atoms with Crippen molar-refractivity contribution in [1.29, 1.82) is 0 Å². The molecule has 2 rings (SSSR count). The van der Waals surface area contributed by atoms with Gasteiger partial charge in [-0.1, -0.05) is 33.6 Å². The van der Waals surface area contributed by atoms with Crippen molar-refractivity contribution in [2.45, 2.75) is 31.8 Å². The molecule has 0 bridgehead atoms. The number of benzene rings is 1. The molecule has 0 spiro atoms. The Kier molecular flexibility index (Phi) is 4.88. The minimum atomic E-state index is 0.359. The summed E-state index contributed by atoms with van der Waals surface area (Å²) in [7, 11) is 0. The van der Waals surface area contributed by atoms with Crippen molar-refractivity contribution in [3.05, 3.63) is 46.7 Å². The Labute approximate surface area is 126 Å². The van der Waals surface area contributed by atoms with E-state index in [2.05, 4.69) is 34.9 Å².